The van der Waals surface area contributed by atoms with Crippen molar-refractivity contribution in [2.45, 2.75) is 39.3 Å². The Labute approximate surface area is 129 Å². The molecule has 1 saturated heterocycles. The molecule has 0 bridgehead atoms. The van der Waals surface area contributed by atoms with E-state index in [9.17, 15) is 10.0 Å². The summed E-state index contributed by atoms with van der Waals surface area (Å²) in [6, 6.07) is 1.97. The van der Waals surface area contributed by atoms with Crippen LogP contribution in [0.25, 0.3) is 10.9 Å². The maximum Gasteiger partial charge on any atom is 0.493 e. The van der Waals surface area contributed by atoms with Crippen LogP contribution in [0.2, 0.25) is 0 Å². The number of hydrogen-bond donors (Lipinski definition) is 2. The van der Waals surface area contributed by atoms with Crippen LogP contribution < -0.4 is 10.2 Å². The zero-order chi connectivity index (χ0) is 15.7. The number of ether oxygens (including phenoxy) is 2. The van der Waals surface area contributed by atoms with Crippen molar-refractivity contribution in [1.29, 1.82) is 0 Å². The molecule has 6 nitrogen and oxygen atoms in total. The molecule has 22 heavy (non-hydrogen) atoms. The average molecular weight is 304 g/mol. The van der Waals surface area contributed by atoms with Gasteiger partial charge in [0.15, 0.2) is 6.23 Å². The molecule has 0 aliphatic carbocycles. The highest BCUT2D eigenvalue weighted by atomic mass is 16.5. The monoisotopic (exact) mass is 304 g/mol. The fourth-order valence-electron chi connectivity index (χ4n) is 3.07. The minimum absolute atomic E-state index is 0.0905. The van der Waals surface area contributed by atoms with Gasteiger partial charge in [0.1, 0.15) is 5.75 Å². The van der Waals surface area contributed by atoms with E-state index in [4.69, 9.17) is 9.47 Å². The third-order valence-corrected chi connectivity index (χ3v) is 4.06. The van der Waals surface area contributed by atoms with Gasteiger partial charge in [0.25, 0.3) is 0 Å². The van der Waals surface area contributed by atoms with E-state index in [1.165, 1.54) is 0 Å². The number of aryl methyl sites for hydroxylation is 1. The highest BCUT2D eigenvalue weighted by Gasteiger charge is 2.27. The Bertz CT molecular complexity index is 665. The van der Waals surface area contributed by atoms with E-state index in [2.05, 4.69) is 5.10 Å². The van der Waals surface area contributed by atoms with Gasteiger partial charge in [0.05, 0.1) is 18.3 Å². The molecule has 0 radical (unpaired) electrons. The van der Waals surface area contributed by atoms with E-state index in [1.807, 2.05) is 24.6 Å². The summed E-state index contributed by atoms with van der Waals surface area (Å²) in [5, 5.41) is 24.7. The molecule has 1 aliphatic heterocycles. The lowest BCUT2D eigenvalue weighted by Gasteiger charge is -2.24. The van der Waals surface area contributed by atoms with Crippen molar-refractivity contribution in [3.05, 3.63) is 17.8 Å². The minimum Gasteiger partial charge on any atom is -0.494 e. The molecule has 0 spiro atoms. The zero-order valence-electron chi connectivity index (χ0n) is 13.0. The molecule has 118 valence electrons. The van der Waals surface area contributed by atoms with E-state index in [-0.39, 0.29) is 6.23 Å². The van der Waals surface area contributed by atoms with Crippen molar-refractivity contribution in [3.63, 3.8) is 0 Å². The third-order valence-electron chi connectivity index (χ3n) is 4.06. The Hall–Kier alpha value is -1.57. The molecule has 1 aromatic carbocycles. The first-order valence-electron chi connectivity index (χ1n) is 7.74. The Kier molecular flexibility index (Phi) is 4.38. The molecule has 1 aromatic heterocycles. The Morgan fingerprint density at radius 1 is 1.45 bits per heavy atom. The van der Waals surface area contributed by atoms with E-state index in [0.717, 1.165) is 36.9 Å². The lowest BCUT2D eigenvalue weighted by molar-refractivity contribution is -0.0366. The molecule has 2 N–H and O–H groups in total. The summed E-state index contributed by atoms with van der Waals surface area (Å²) in [5.41, 5.74) is 2.07. The summed E-state index contributed by atoms with van der Waals surface area (Å²) in [6.45, 7) is 4.97. The highest BCUT2D eigenvalue weighted by molar-refractivity contribution is 6.63. The fraction of sp³-hybridized carbons (Fsp3) is 0.533. The topological polar surface area (TPSA) is 76.7 Å². The first-order valence-corrected chi connectivity index (χ1v) is 7.74. The maximum absolute atomic E-state index is 9.78. The van der Waals surface area contributed by atoms with Gasteiger partial charge in [-0.05, 0) is 44.7 Å². The first kappa shape index (κ1) is 15.3. The Morgan fingerprint density at radius 3 is 2.91 bits per heavy atom. The summed E-state index contributed by atoms with van der Waals surface area (Å²) in [4.78, 5) is 0. The van der Waals surface area contributed by atoms with Crippen LogP contribution in [0.4, 0.5) is 0 Å². The van der Waals surface area contributed by atoms with Gasteiger partial charge in [-0.3, -0.25) is 0 Å². The molecule has 2 aromatic rings. The van der Waals surface area contributed by atoms with Gasteiger partial charge in [0, 0.05) is 17.5 Å². The average Bonchev–Trinajstić information content (AvgIpc) is 2.91. The molecular weight excluding hydrogens is 283 g/mol. The number of nitrogens with zero attached hydrogens (tertiary/aromatic N) is 2. The van der Waals surface area contributed by atoms with Gasteiger partial charge in [-0.1, -0.05) is 0 Å². The second-order valence-corrected chi connectivity index (χ2v) is 5.59. The van der Waals surface area contributed by atoms with E-state index >= 15 is 0 Å². The summed E-state index contributed by atoms with van der Waals surface area (Å²) >= 11 is 0. The number of aromatic nitrogens is 2. The van der Waals surface area contributed by atoms with Crippen LogP contribution in [-0.4, -0.2) is 40.2 Å². The lowest BCUT2D eigenvalue weighted by Crippen LogP contribution is -2.33. The molecule has 0 amide bonds. The summed E-state index contributed by atoms with van der Waals surface area (Å²) < 4.78 is 13.2. The fourth-order valence-corrected chi connectivity index (χ4v) is 3.07. The number of benzene rings is 1. The molecule has 1 unspecified atom stereocenters. The van der Waals surface area contributed by atoms with Crippen molar-refractivity contribution in [2.24, 2.45) is 0 Å². The predicted molar refractivity (Wildman–Crippen MR) is 84.3 cm³/mol. The van der Waals surface area contributed by atoms with Gasteiger partial charge < -0.3 is 19.5 Å². The molecule has 1 atom stereocenters. The van der Waals surface area contributed by atoms with Crippen molar-refractivity contribution >= 4 is 23.5 Å². The van der Waals surface area contributed by atoms with E-state index in [1.54, 1.807) is 6.20 Å². The molecular formula is C15H21BN2O4. The number of fused-ring (bicyclic) bond motifs is 1. The van der Waals surface area contributed by atoms with Crippen molar-refractivity contribution < 1.29 is 19.5 Å². The summed E-state index contributed by atoms with van der Waals surface area (Å²) in [5.74, 6) is 0.522. The quantitative estimate of drug-likeness (QED) is 0.828. The zero-order valence-corrected chi connectivity index (χ0v) is 13.0. The number of hydrogen-bond acceptors (Lipinski definition) is 5. The van der Waals surface area contributed by atoms with Gasteiger partial charge in [-0.2, -0.15) is 5.10 Å². The molecule has 2 heterocycles. The van der Waals surface area contributed by atoms with Gasteiger partial charge in [-0.15, -0.1) is 0 Å². The van der Waals surface area contributed by atoms with E-state index in [0.29, 0.717) is 23.2 Å². The molecule has 1 fully saturated rings. The molecule has 0 saturated carbocycles. The SMILES string of the molecule is CCOc1c(C)cc2c(cnn2C2CCCCO2)c1B(O)O. The maximum atomic E-state index is 9.78. The van der Waals surface area contributed by atoms with Crippen LogP contribution in [0.5, 0.6) is 5.75 Å². The van der Waals surface area contributed by atoms with Crippen molar-refractivity contribution in [3.8, 4) is 5.75 Å². The largest absolute Gasteiger partial charge is 0.494 e. The van der Waals surface area contributed by atoms with Gasteiger partial charge in [0.2, 0.25) is 0 Å². The van der Waals surface area contributed by atoms with Crippen LogP contribution in [0.3, 0.4) is 0 Å². The second kappa shape index (κ2) is 6.28. The highest BCUT2D eigenvalue weighted by Crippen LogP contribution is 2.29. The Balaban J connectivity index is 2.15. The van der Waals surface area contributed by atoms with E-state index < -0.39 is 7.12 Å². The smallest absolute Gasteiger partial charge is 0.493 e. The van der Waals surface area contributed by atoms with Crippen LogP contribution in [0.15, 0.2) is 12.3 Å². The van der Waals surface area contributed by atoms with Crippen LogP contribution >= 0.6 is 0 Å². The molecule has 7 heteroatoms. The predicted octanol–water partition coefficient (Wildman–Crippen LogP) is 1.12. The molecule has 3 rings (SSSR count). The number of rotatable bonds is 4. The molecule has 1 aliphatic rings. The second-order valence-electron chi connectivity index (χ2n) is 5.59. The standard InChI is InChI=1S/C15H21BN2O4/c1-3-21-15-10(2)8-12-11(14(15)16(19)20)9-17-18(12)13-6-4-5-7-22-13/h8-9,13,19-20H,3-7H2,1-2H3. The van der Waals surface area contributed by atoms with Gasteiger partial charge >= 0.3 is 7.12 Å². The third kappa shape index (κ3) is 2.60. The van der Waals surface area contributed by atoms with Gasteiger partial charge in [-0.25, -0.2) is 4.68 Å². The van der Waals surface area contributed by atoms with Crippen LogP contribution in [-0.2, 0) is 4.74 Å². The van der Waals surface area contributed by atoms with Crippen molar-refractivity contribution in [1.82, 2.24) is 9.78 Å². The van der Waals surface area contributed by atoms with Crippen LogP contribution in [0, 0.1) is 6.92 Å². The summed E-state index contributed by atoms with van der Waals surface area (Å²) in [6.07, 6.45) is 4.66. The van der Waals surface area contributed by atoms with Crippen molar-refractivity contribution in [2.75, 3.05) is 13.2 Å². The minimum atomic E-state index is -1.60. The lowest BCUT2D eigenvalue weighted by atomic mass is 9.76. The Morgan fingerprint density at radius 2 is 2.27 bits per heavy atom. The normalized spacial score (nSPS) is 18.6. The van der Waals surface area contributed by atoms with Crippen LogP contribution in [0.1, 0.15) is 38.0 Å². The summed E-state index contributed by atoms with van der Waals surface area (Å²) in [7, 11) is -1.60. The first-order chi connectivity index (χ1) is 10.6.